The van der Waals surface area contributed by atoms with Crippen molar-refractivity contribution >= 4 is 17.4 Å². The summed E-state index contributed by atoms with van der Waals surface area (Å²) < 4.78 is 38.0. The van der Waals surface area contributed by atoms with E-state index < -0.39 is 23.2 Å². The molecule has 0 aliphatic carbocycles. The number of benzene rings is 2. The molecule has 6 nitrogen and oxygen atoms in total. The van der Waals surface area contributed by atoms with Gasteiger partial charge in [-0.2, -0.15) is 0 Å². The molecule has 4 rings (SSSR count). The summed E-state index contributed by atoms with van der Waals surface area (Å²) >= 11 is 0. The van der Waals surface area contributed by atoms with Gasteiger partial charge < -0.3 is 20.1 Å². The fourth-order valence-electron chi connectivity index (χ4n) is 2.71. The summed E-state index contributed by atoms with van der Waals surface area (Å²) in [7, 11) is 0. The summed E-state index contributed by atoms with van der Waals surface area (Å²) in [6.07, 6.45) is 1.44. The third-order valence-corrected chi connectivity index (χ3v) is 4.13. The van der Waals surface area contributed by atoms with E-state index in [2.05, 4.69) is 15.6 Å². The standard InChI is InChI=1S/C20H15F2N3O3/c21-14-2-1-3-15(22)19(14)25-20(26)13-6-7-23-18(9-13)24-10-12-4-5-16-17(8-12)28-11-27-16/h1-9H,10-11H2,(H,23,24)(H,25,26). The third-order valence-electron chi connectivity index (χ3n) is 4.13. The fourth-order valence-corrected chi connectivity index (χ4v) is 2.71. The molecule has 0 atom stereocenters. The van der Waals surface area contributed by atoms with Crippen molar-refractivity contribution in [2.75, 3.05) is 17.4 Å². The van der Waals surface area contributed by atoms with Crippen LogP contribution in [0.25, 0.3) is 0 Å². The Balaban J connectivity index is 1.44. The third kappa shape index (κ3) is 3.71. The number of ether oxygens (including phenoxy) is 2. The van der Waals surface area contributed by atoms with Crippen molar-refractivity contribution in [1.82, 2.24) is 4.98 Å². The Morgan fingerprint density at radius 3 is 2.64 bits per heavy atom. The number of pyridine rings is 1. The monoisotopic (exact) mass is 383 g/mol. The second kappa shape index (κ2) is 7.51. The van der Waals surface area contributed by atoms with Gasteiger partial charge in [0.1, 0.15) is 23.1 Å². The fraction of sp³-hybridized carbons (Fsp3) is 0.100. The SMILES string of the molecule is O=C(Nc1c(F)cccc1F)c1ccnc(NCc2ccc3c(c2)OCO3)c1. The van der Waals surface area contributed by atoms with Crippen molar-refractivity contribution in [3.63, 3.8) is 0 Å². The molecule has 0 saturated heterocycles. The molecule has 0 spiro atoms. The maximum absolute atomic E-state index is 13.7. The number of anilines is 2. The summed E-state index contributed by atoms with van der Waals surface area (Å²) in [6, 6.07) is 11.9. The second-order valence-electron chi connectivity index (χ2n) is 6.02. The predicted molar refractivity (Wildman–Crippen MR) is 98.4 cm³/mol. The van der Waals surface area contributed by atoms with Crippen LogP contribution < -0.4 is 20.1 Å². The van der Waals surface area contributed by atoms with Gasteiger partial charge in [0.25, 0.3) is 5.91 Å². The van der Waals surface area contributed by atoms with E-state index in [1.807, 2.05) is 18.2 Å². The van der Waals surface area contributed by atoms with Crippen LogP contribution in [0, 0.1) is 11.6 Å². The van der Waals surface area contributed by atoms with Crippen LogP contribution in [0.2, 0.25) is 0 Å². The van der Waals surface area contributed by atoms with Gasteiger partial charge >= 0.3 is 0 Å². The highest BCUT2D eigenvalue weighted by Crippen LogP contribution is 2.32. The zero-order chi connectivity index (χ0) is 19.5. The van der Waals surface area contributed by atoms with E-state index in [4.69, 9.17) is 9.47 Å². The first kappa shape index (κ1) is 17.7. The molecule has 0 unspecified atom stereocenters. The van der Waals surface area contributed by atoms with E-state index in [9.17, 15) is 13.6 Å². The Hall–Kier alpha value is -3.68. The lowest BCUT2D eigenvalue weighted by Crippen LogP contribution is -2.15. The number of carbonyl (C=O) groups excluding carboxylic acids is 1. The average Bonchev–Trinajstić information content (AvgIpc) is 3.17. The Kier molecular flexibility index (Phi) is 4.76. The number of nitrogens with zero attached hydrogens (tertiary/aromatic N) is 1. The maximum Gasteiger partial charge on any atom is 0.256 e. The smallest absolute Gasteiger partial charge is 0.256 e. The van der Waals surface area contributed by atoms with Gasteiger partial charge in [0.05, 0.1) is 0 Å². The van der Waals surface area contributed by atoms with Crippen LogP contribution in [0.1, 0.15) is 15.9 Å². The number of carbonyl (C=O) groups is 1. The van der Waals surface area contributed by atoms with Gasteiger partial charge in [0, 0.05) is 18.3 Å². The number of rotatable bonds is 5. The van der Waals surface area contributed by atoms with Crippen molar-refractivity contribution < 1.29 is 23.0 Å². The molecule has 1 aliphatic rings. The lowest BCUT2D eigenvalue weighted by molar-refractivity contribution is 0.102. The number of aromatic nitrogens is 1. The molecule has 0 fully saturated rings. The van der Waals surface area contributed by atoms with Crippen LogP contribution in [-0.4, -0.2) is 17.7 Å². The maximum atomic E-state index is 13.7. The minimum absolute atomic E-state index is 0.202. The highest BCUT2D eigenvalue weighted by atomic mass is 19.1. The highest BCUT2D eigenvalue weighted by molar-refractivity contribution is 6.04. The van der Waals surface area contributed by atoms with Crippen LogP contribution >= 0.6 is 0 Å². The molecular formula is C20H15F2N3O3. The number of hydrogen-bond acceptors (Lipinski definition) is 5. The minimum Gasteiger partial charge on any atom is -0.454 e. The van der Waals surface area contributed by atoms with Gasteiger partial charge in [-0.25, -0.2) is 13.8 Å². The molecule has 3 aromatic rings. The lowest BCUT2D eigenvalue weighted by atomic mass is 10.2. The molecule has 2 aromatic carbocycles. The number of para-hydroxylation sites is 1. The lowest BCUT2D eigenvalue weighted by Gasteiger charge is -2.10. The van der Waals surface area contributed by atoms with Gasteiger partial charge in [0.15, 0.2) is 11.5 Å². The van der Waals surface area contributed by atoms with Crippen LogP contribution in [0.15, 0.2) is 54.7 Å². The Morgan fingerprint density at radius 1 is 1.04 bits per heavy atom. The predicted octanol–water partition coefficient (Wildman–Crippen LogP) is 3.95. The van der Waals surface area contributed by atoms with E-state index >= 15 is 0 Å². The Bertz CT molecular complexity index is 1020. The van der Waals surface area contributed by atoms with Crippen LogP contribution in [-0.2, 0) is 6.54 Å². The largest absolute Gasteiger partial charge is 0.454 e. The van der Waals surface area contributed by atoms with E-state index in [0.717, 1.165) is 17.7 Å². The van der Waals surface area contributed by atoms with Crippen LogP contribution in [0.3, 0.4) is 0 Å². The highest BCUT2D eigenvalue weighted by Gasteiger charge is 2.15. The first-order chi connectivity index (χ1) is 13.6. The van der Waals surface area contributed by atoms with E-state index in [0.29, 0.717) is 23.9 Å². The molecule has 2 N–H and O–H groups in total. The molecule has 8 heteroatoms. The molecule has 1 aliphatic heterocycles. The molecule has 1 amide bonds. The van der Waals surface area contributed by atoms with E-state index in [-0.39, 0.29) is 12.4 Å². The van der Waals surface area contributed by atoms with Crippen molar-refractivity contribution in [2.24, 2.45) is 0 Å². The van der Waals surface area contributed by atoms with Crippen molar-refractivity contribution in [1.29, 1.82) is 0 Å². The number of fused-ring (bicyclic) bond motifs is 1. The number of nitrogens with one attached hydrogen (secondary N) is 2. The summed E-state index contributed by atoms with van der Waals surface area (Å²) in [6.45, 7) is 0.643. The molecule has 28 heavy (non-hydrogen) atoms. The summed E-state index contributed by atoms with van der Waals surface area (Å²) in [5.74, 6) is -0.516. The van der Waals surface area contributed by atoms with Gasteiger partial charge in [-0.1, -0.05) is 12.1 Å². The minimum atomic E-state index is -0.844. The second-order valence-corrected chi connectivity index (χ2v) is 6.02. The first-order valence-electron chi connectivity index (χ1n) is 8.44. The molecule has 0 bridgehead atoms. The van der Waals surface area contributed by atoms with Gasteiger partial charge in [-0.05, 0) is 42.0 Å². The topological polar surface area (TPSA) is 72.5 Å². The number of halogens is 2. The van der Waals surface area contributed by atoms with Crippen molar-refractivity contribution in [3.8, 4) is 11.5 Å². The van der Waals surface area contributed by atoms with Gasteiger partial charge in [-0.3, -0.25) is 4.79 Å². The normalized spacial score (nSPS) is 11.9. The summed E-state index contributed by atoms with van der Waals surface area (Å²) in [5, 5.41) is 5.35. The van der Waals surface area contributed by atoms with E-state index in [1.165, 1.54) is 24.4 Å². The Labute approximate surface area is 159 Å². The van der Waals surface area contributed by atoms with Crippen LogP contribution in [0.5, 0.6) is 11.5 Å². The molecule has 142 valence electrons. The summed E-state index contributed by atoms with van der Waals surface area (Å²) in [5.41, 5.74) is 0.666. The zero-order valence-corrected chi connectivity index (χ0v) is 14.5. The molecule has 1 aromatic heterocycles. The van der Waals surface area contributed by atoms with Crippen LogP contribution in [0.4, 0.5) is 20.3 Å². The van der Waals surface area contributed by atoms with Crippen molar-refractivity contribution in [2.45, 2.75) is 6.54 Å². The van der Waals surface area contributed by atoms with Crippen molar-refractivity contribution in [3.05, 3.63) is 77.5 Å². The average molecular weight is 383 g/mol. The zero-order valence-electron chi connectivity index (χ0n) is 14.5. The quantitative estimate of drug-likeness (QED) is 0.698. The molecule has 0 saturated carbocycles. The molecular weight excluding hydrogens is 368 g/mol. The number of hydrogen-bond donors (Lipinski definition) is 2. The summed E-state index contributed by atoms with van der Waals surface area (Å²) in [4.78, 5) is 16.5. The molecule has 0 radical (unpaired) electrons. The first-order valence-corrected chi connectivity index (χ1v) is 8.44. The van der Waals surface area contributed by atoms with E-state index in [1.54, 1.807) is 0 Å². The van der Waals surface area contributed by atoms with Gasteiger partial charge in [0.2, 0.25) is 6.79 Å². The number of amides is 1. The Morgan fingerprint density at radius 2 is 1.82 bits per heavy atom. The van der Waals surface area contributed by atoms with Gasteiger partial charge in [-0.15, -0.1) is 0 Å². The molecule has 2 heterocycles.